The Labute approximate surface area is 543 Å². The lowest BCUT2D eigenvalue weighted by molar-refractivity contribution is -0.161. The van der Waals surface area contributed by atoms with Crippen molar-refractivity contribution in [3.8, 4) is 0 Å². The first kappa shape index (κ1) is 87.1. The van der Waals surface area contributed by atoms with E-state index in [0.29, 0.717) is 37.5 Å². The van der Waals surface area contributed by atoms with Crippen LogP contribution in [0.5, 0.6) is 0 Å². The fourth-order valence-electron chi connectivity index (χ4n) is 10.4. The Balaban J connectivity index is 5.21. The van der Waals surface area contributed by atoms with Crippen molar-refractivity contribution in [1.29, 1.82) is 0 Å². The van der Waals surface area contributed by atoms with Crippen LogP contribution in [0.15, 0.2) is 0 Å². The minimum atomic E-state index is -4.95. The highest BCUT2D eigenvalue weighted by molar-refractivity contribution is 7.47. The molecule has 0 heterocycles. The van der Waals surface area contributed by atoms with Crippen LogP contribution in [0.3, 0.4) is 0 Å². The molecule has 7 atom stereocenters. The van der Waals surface area contributed by atoms with Gasteiger partial charge in [-0.25, -0.2) is 9.13 Å². The number of hydrogen-bond donors (Lipinski definition) is 3. The average Bonchev–Trinajstić information content (AvgIpc) is 3.55. The van der Waals surface area contributed by atoms with Crippen molar-refractivity contribution >= 4 is 39.5 Å². The Morgan fingerprint density at radius 1 is 0.315 bits per heavy atom. The highest BCUT2D eigenvalue weighted by Crippen LogP contribution is 2.45. The van der Waals surface area contributed by atoms with E-state index in [2.05, 4.69) is 55.4 Å². The highest BCUT2D eigenvalue weighted by Gasteiger charge is 2.30. The lowest BCUT2D eigenvalue weighted by Crippen LogP contribution is -2.30. The number of esters is 4. The summed E-state index contributed by atoms with van der Waals surface area (Å²) >= 11 is 0. The van der Waals surface area contributed by atoms with E-state index in [4.69, 9.17) is 37.0 Å². The Morgan fingerprint density at radius 2 is 0.539 bits per heavy atom. The van der Waals surface area contributed by atoms with Gasteiger partial charge in [0.15, 0.2) is 12.2 Å². The molecule has 0 rings (SSSR count). The molecule has 528 valence electrons. The van der Waals surface area contributed by atoms with E-state index in [-0.39, 0.29) is 25.7 Å². The van der Waals surface area contributed by atoms with Crippen molar-refractivity contribution in [3.05, 3.63) is 0 Å². The SMILES string of the molecule is CCC(C)CCCCCCCCCCCCCCCCC(=O)O[C@H](COC(=O)CCCCCCCCCC(C)C)COP(=O)(O)OCC(O)COP(=O)(O)OC[C@@H](COC(=O)CCCCCCCCCCC(C)CC)OC(=O)CCCCCCCCC(C)C. The van der Waals surface area contributed by atoms with Crippen LogP contribution >= 0.6 is 15.6 Å². The zero-order valence-corrected chi connectivity index (χ0v) is 59.8. The van der Waals surface area contributed by atoms with Gasteiger partial charge >= 0.3 is 39.5 Å². The summed E-state index contributed by atoms with van der Waals surface area (Å²) < 4.78 is 68.2. The second kappa shape index (κ2) is 59.8. The molecule has 0 bridgehead atoms. The number of carbonyl (C=O) groups is 4. The molecule has 0 saturated carbocycles. The summed E-state index contributed by atoms with van der Waals surface area (Å²) in [6, 6.07) is 0. The highest BCUT2D eigenvalue weighted by atomic mass is 31.2. The number of aliphatic hydroxyl groups is 1. The Kier molecular flexibility index (Phi) is 58.5. The number of ether oxygens (including phenoxy) is 4. The van der Waals surface area contributed by atoms with E-state index in [0.717, 1.165) is 108 Å². The zero-order valence-electron chi connectivity index (χ0n) is 58.1. The summed E-state index contributed by atoms with van der Waals surface area (Å²) in [6.07, 6.45) is 41.9. The van der Waals surface area contributed by atoms with Gasteiger partial charge in [0.05, 0.1) is 26.4 Å². The maximum Gasteiger partial charge on any atom is 0.472 e. The summed E-state index contributed by atoms with van der Waals surface area (Å²) in [6.45, 7) is 14.1. The van der Waals surface area contributed by atoms with Gasteiger partial charge < -0.3 is 33.8 Å². The molecule has 5 unspecified atom stereocenters. The van der Waals surface area contributed by atoms with E-state index in [1.165, 1.54) is 141 Å². The van der Waals surface area contributed by atoms with Crippen LogP contribution < -0.4 is 0 Å². The summed E-state index contributed by atoms with van der Waals surface area (Å²) in [5, 5.41) is 10.6. The first-order valence-corrected chi connectivity index (χ1v) is 39.3. The summed E-state index contributed by atoms with van der Waals surface area (Å²) in [4.78, 5) is 72.5. The van der Waals surface area contributed by atoms with Gasteiger partial charge in [0.1, 0.15) is 19.3 Å². The number of rotatable bonds is 67. The topological polar surface area (TPSA) is 237 Å². The van der Waals surface area contributed by atoms with Crippen molar-refractivity contribution in [1.82, 2.24) is 0 Å². The van der Waals surface area contributed by atoms with Crippen molar-refractivity contribution in [3.63, 3.8) is 0 Å². The Hall–Kier alpha value is -1.94. The molecule has 0 aliphatic heterocycles. The number of aliphatic hydroxyl groups excluding tert-OH is 1. The van der Waals surface area contributed by atoms with Crippen LogP contribution in [-0.4, -0.2) is 96.7 Å². The molecule has 0 aromatic carbocycles. The smallest absolute Gasteiger partial charge is 0.462 e. The minimum Gasteiger partial charge on any atom is -0.462 e. The fraction of sp³-hybridized carbons (Fsp3) is 0.943. The van der Waals surface area contributed by atoms with Gasteiger partial charge in [-0.05, 0) is 49.4 Å². The Bertz CT molecular complexity index is 1770. The molecule has 19 heteroatoms. The third-order valence-corrected chi connectivity index (χ3v) is 18.7. The molecular weight excluding hydrogens is 1170 g/mol. The number of unbranched alkanes of at least 4 members (excludes halogenated alkanes) is 31. The number of hydrogen-bond acceptors (Lipinski definition) is 15. The third-order valence-electron chi connectivity index (χ3n) is 16.8. The van der Waals surface area contributed by atoms with E-state index in [1.807, 2.05) is 0 Å². The van der Waals surface area contributed by atoms with Crippen LogP contribution in [0.4, 0.5) is 0 Å². The van der Waals surface area contributed by atoms with Gasteiger partial charge in [-0.2, -0.15) is 0 Å². The molecule has 0 aromatic heterocycles. The molecular formula is C70H136O17P2. The molecule has 17 nitrogen and oxygen atoms in total. The van der Waals surface area contributed by atoms with Crippen LogP contribution in [0.2, 0.25) is 0 Å². The van der Waals surface area contributed by atoms with Crippen LogP contribution in [0.1, 0.15) is 344 Å². The number of phosphoric acid groups is 2. The van der Waals surface area contributed by atoms with E-state index in [9.17, 15) is 43.2 Å². The van der Waals surface area contributed by atoms with Gasteiger partial charge in [-0.3, -0.25) is 37.3 Å². The maximum atomic E-state index is 13.0. The third kappa shape index (κ3) is 62.0. The number of carbonyl (C=O) groups excluding carboxylic acids is 4. The molecule has 0 aliphatic carbocycles. The first-order chi connectivity index (χ1) is 42.7. The van der Waals surface area contributed by atoms with E-state index >= 15 is 0 Å². The largest absolute Gasteiger partial charge is 0.472 e. The molecule has 0 fully saturated rings. The van der Waals surface area contributed by atoms with Gasteiger partial charge in [-0.15, -0.1) is 0 Å². The quantitative estimate of drug-likeness (QED) is 0.0222. The summed E-state index contributed by atoms with van der Waals surface area (Å²) in [5.41, 5.74) is 0. The van der Waals surface area contributed by atoms with Gasteiger partial charge in [0.25, 0.3) is 0 Å². The minimum absolute atomic E-state index is 0.101. The second-order valence-electron chi connectivity index (χ2n) is 26.7. The Morgan fingerprint density at radius 3 is 0.798 bits per heavy atom. The van der Waals surface area contributed by atoms with Crippen molar-refractivity contribution in [2.45, 2.75) is 363 Å². The molecule has 0 aromatic rings. The van der Waals surface area contributed by atoms with Crippen molar-refractivity contribution in [2.75, 3.05) is 39.6 Å². The van der Waals surface area contributed by atoms with Crippen molar-refractivity contribution in [2.24, 2.45) is 23.7 Å². The molecule has 0 saturated heterocycles. The predicted molar refractivity (Wildman–Crippen MR) is 358 cm³/mol. The van der Waals surface area contributed by atoms with Crippen molar-refractivity contribution < 1.29 is 80.2 Å². The van der Waals surface area contributed by atoms with E-state index in [1.54, 1.807) is 0 Å². The molecule has 0 amide bonds. The number of phosphoric ester groups is 2. The van der Waals surface area contributed by atoms with E-state index < -0.39 is 97.5 Å². The average molecular weight is 1310 g/mol. The second-order valence-corrected chi connectivity index (χ2v) is 29.6. The molecule has 89 heavy (non-hydrogen) atoms. The maximum absolute atomic E-state index is 13.0. The summed E-state index contributed by atoms with van der Waals surface area (Å²) in [7, 11) is -9.90. The normalized spacial score (nSPS) is 14.9. The van der Waals surface area contributed by atoms with Crippen LogP contribution in [0.25, 0.3) is 0 Å². The van der Waals surface area contributed by atoms with Crippen LogP contribution in [0, 0.1) is 23.7 Å². The van der Waals surface area contributed by atoms with Crippen LogP contribution in [-0.2, 0) is 65.4 Å². The molecule has 3 N–H and O–H groups in total. The van der Waals surface area contributed by atoms with Gasteiger partial charge in [0.2, 0.25) is 0 Å². The van der Waals surface area contributed by atoms with Gasteiger partial charge in [0, 0.05) is 25.7 Å². The fourth-order valence-corrected chi connectivity index (χ4v) is 12.0. The lowest BCUT2D eigenvalue weighted by Gasteiger charge is -2.21. The summed E-state index contributed by atoms with van der Waals surface area (Å²) in [5.74, 6) is 0.863. The molecule has 0 aliphatic rings. The first-order valence-electron chi connectivity index (χ1n) is 36.3. The monoisotopic (exact) mass is 1310 g/mol. The molecule has 0 spiro atoms. The lowest BCUT2D eigenvalue weighted by atomic mass is 9.99. The standard InChI is InChI=1S/C70H136O17P2/c1-9-62(7)48-40-32-23-17-15-13-11-12-14-16-18-26-36-44-52-69(74)86-65(56-81-68(73)51-43-35-27-21-22-30-38-46-60(3)4)58-84-88(76,77)82-54-64(71)55-83-89(78,79)85-59-66(87-70(75)53-45-37-29-28-31-39-47-61(5)6)57-80-67(72)50-42-34-25-20-19-24-33-41-49-63(8)10-2/h60-66,71H,9-59H2,1-8H3,(H,76,77)(H,78,79)/t62?,63?,64?,65-,66-/m1/s1. The van der Waals surface area contributed by atoms with Gasteiger partial charge in [-0.1, -0.05) is 293 Å². The molecule has 0 radical (unpaired) electrons. The zero-order chi connectivity index (χ0) is 66.1. The predicted octanol–water partition coefficient (Wildman–Crippen LogP) is 19.7.